The Balaban J connectivity index is 1.98. The number of carbonyl (C=O) groups excluding carboxylic acids is 2. The van der Waals surface area contributed by atoms with Crippen LogP contribution in [0.2, 0.25) is 0 Å². The van der Waals surface area contributed by atoms with E-state index >= 15 is 0 Å². The third-order valence-corrected chi connectivity index (χ3v) is 3.76. The Labute approximate surface area is 143 Å². The molecule has 0 heterocycles. The SMILES string of the molecule is CC(=O)c1ccc(NC(=O)C=Cc2ccc(C(C)(C)C)cc2)cc1. The predicted molar refractivity (Wildman–Crippen MR) is 99.3 cm³/mol. The molecule has 124 valence electrons. The second-order valence-electron chi connectivity index (χ2n) is 6.83. The van der Waals surface area contributed by atoms with Crippen molar-refractivity contribution in [1.29, 1.82) is 0 Å². The molecule has 3 heteroatoms. The normalized spacial score (nSPS) is 11.5. The van der Waals surface area contributed by atoms with Gasteiger partial charge in [-0.25, -0.2) is 0 Å². The maximum Gasteiger partial charge on any atom is 0.248 e. The molecule has 0 aromatic heterocycles. The van der Waals surface area contributed by atoms with Gasteiger partial charge in [0.2, 0.25) is 5.91 Å². The molecule has 2 aromatic carbocycles. The van der Waals surface area contributed by atoms with Crippen LogP contribution in [0.4, 0.5) is 5.69 Å². The molecule has 1 N–H and O–H groups in total. The lowest BCUT2D eigenvalue weighted by molar-refractivity contribution is -0.111. The second kappa shape index (κ2) is 7.26. The van der Waals surface area contributed by atoms with Crippen molar-refractivity contribution in [3.8, 4) is 0 Å². The predicted octanol–water partition coefficient (Wildman–Crippen LogP) is 4.84. The molecule has 0 aliphatic carbocycles. The van der Waals surface area contributed by atoms with E-state index in [0.717, 1.165) is 5.56 Å². The molecule has 0 saturated heterocycles. The maximum absolute atomic E-state index is 12.0. The number of Topliss-reactive ketones (excluding diaryl/α,β-unsaturated/α-hetero) is 1. The van der Waals surface area contributed by atoms with Crippen LogP contribution in [0.25, 0.3) is 6.08 Å². The van der Waals surface area contributed by atoms with Crippen LogP contribution in [0.5, 0.6) is 0 Å². The lowest BCUT2D eigenvalue weighted by Crippen LogP contribution is -2.10. The van der Waals surface area contributed by atoms with E-state index < -0.39 is 0 Å². The summed E-state index contributed by atoms with van der Waals surface area (Å²) >= 11 is 0. The molecular formula is C21H23NO2. The Morgan fingerprint density at radius 1 is 0.917 bits per heavy atom. The summed E-state index contributed by atoms with van der Waals surface area (Å²) < 4.78 is 0. The van der Waals surface area contributed by atoms with Gasteiger partial charge in [0, 0.05) is 17.3 Å². The molecule has 2 aromatic rings. The van der Waals surface area contributed by atoms with Gasteiger partial charge in [-0.2, -0.15) is 0 Å². The summed E-state index contributed by atoms with van der Waals surface area (Å²) in [7, 11) is 0. The lowest BCUT2D eigenvalue weighted by atomic mass is 9.87. The Morgan fingerprint density at radius 3 is 2.00 bits per heavy atom. The topological polar surface area (TPSA) is 46.2 Å². The van der Waals surface area contributed by atoms with Gasteiger partial charge in [0.25, 0.3) is 0 Å². The minimum Gasteiger partial charge on any atom is -0.323 e. The first-order valence-corrected chi connectivity index (χ1v) is 7.96. The van der Waals surface area contributed by atoms with Gasteiger partial charge in [-0.15, -0.1) is 0 Å². The Morgan fingerprint density at radius 2 is 1.50 bits per heavy atom. The summed E-state index contributed by atoms with van der Waals surface area (Å²) in [6.45, 7) is 8.02. The van der Waals surface area contributed by atoms with Gasteiger partial charge in [0.1, 0.15) is 0 Å². The zero-order chi connectivity index (χ0) is 17.7. The minimum atomic E-state index is -0.203. The molecule has 0 bridgehead atoms. The van der Waals surface area contributed by atoms with Crippen molar-refractivity contribution < 1.29 is 9.59 Å². The number of amides is 1. The fourth-order valence-corrected chi connectivity index (χ4v) is 2.24. The molecule has 3 nitrogen and oxygen atoms in total. The van der Waals surface area contributed by atoms with Crippen molar-refractivity contribution in [1.82, 2.24) is 0 Å². The number of ketones is 1. The Hall–Kier alpha value is -2.68. The van der Waals surface area contributed by atoms with Gasteiger partial charge in [0.15, 0.2) is 5.78 Å². The largest absolute Gasteiger partial charge is 0.323 e. The van der Waals surface area contributed by atoms with Crippen molar-refractivity contribution in [3.63, 3.8) is 0 Å². The summed E-state index contributed by atoms with van der Waals surface area (Å²) in [5, 5.41) is 2.78. The van der Waals surface area contributed by atoms with Crippen molar-refractivity contribution in [2.24, 2.45) is 0 Å². The fourth-order valence-electron chi connectivity index (χ4n) is 2.24. The van der Waals surface area contributed by atoms with Crippen LogP contribution in [0.1, 0.15) is 49.2 Å². The molecule has 0 radical (unpaired) electrons. The van der Waals surface area contributed by atoms with Crippen LogP contribution < -0.4 is 5.32 Å². The number of rotatable bonds is 4. The zero-order valence-electron chi connectivity index (χ0n) is 14.6. The van der Waals surface area contributed by atoms with Crippen LogP contribution in [-0.2, 0) is 10.2 Å². The number of hydrogen-bond donors (Lipinski definition) is 1. The highest BCUT2D eigenvalue weighted by molar-refractivity contribution is 6.02. The summed E-state index contributed by atoms with van der Waals surface area (Å²) in [6.07, 6.45) is 3.29. The van der Waals surface area contributed by atoms with E-state index in [-0.39, 0.29) is 17.1 Å². The van der Waals surface area contributed by atoms with Crippen molar-refractivity contribution >= 4 is 23.5 Å². The van der Waals surface area contributed by atoms with Gasteiger partial charge >= 0.3 is 0 Å². The van der Waals surface area contributed by atoms with Crippen molar-refractivity contribution in [3.05, 3.63) is 71.3 Å². The first-order chi connectivity index (χ1) is 11.3. The van der Waals surface area contributed by atoms with Crippen LogP contribution in [0.3, 0.4) is 0 Å². The molecule has 0 unspecified atom stereocenters. The Kier molecular flexibility index (Phi) is 5.35. The zero-order valence-corrected chi connectivity index (χ0v) is 14.6. The average molecular weight is 321 g/mol. The first kappa shape index (κ1) is 17.7. The third kappa shape index (κ3) is 4.92. The summed E-state index contributed by atoms with van der Waals surface area (Å²) in [4.78, 5) is 23.2. The minimum absolute atomic E-state index is 0.00600. The smallest absolute Gasteiger partial charge is 0.248 e. The van der Waals surface area contributed by atoms with E-state index in [0.29, 0.717) is 11.3 Å². The molecule has 1 amide bonds. The quantitative estimate of drug-likeness (QED) is 0.647. The van der Waals surface area contributed by atoms with E-state index in [2.05, 4.69) is 38.2 Å². The summed E-state index contributed by atoms with van der Waals surface area (Å²) in [6, 6.07) is 15.0. The molecular weight excluding hydrogens is 298 g/mol. The first-order valence-electron chi connectivity index (χ1n) is 7.96. The molecule has 0 fully saturated rings. The third-order valence-electron chi connectivity index (χ3n) is 3.76. The van der Waals surface area contributed by atoms with Crippen LogP contribution in [0.15, 0.2) is 54.6 Å². The number of benzene rings is 2. The van der Waals surface area contributed by atoms with Gasteiger partial charge in [-0.05, 0) is 53.8 Å². The highest BCUT2D eigenvalue weighted by atomic mass is 16.1. The molecule has 0 aliphatic rings. The highest BCUT2D eigenvalue weighted by Gasteiger charge is 2.12. The van der Waals surface area contributed by atoms with Crippen LogP contribution >= 0.6 is 0 Å². The standard InChI is InChI=1S/C21H23NO2/c1-15(23)17-8-12-19(13-9-17)22-20(24)14-7-16-5-10-18(11-6-16)21(2,3)4/h5-14H,1-4H3,(H,22,24). The number of anilines is 1. The highest BCUT2D eigenvalue weighted by Crippen LogP contribution is 2.22. The number of nitrogens with one attached hydrogen (secondary N) is 1. The van der Waals surface area contributed by atoms with Gasteiger partial charge in [-0.1, -0.05) is 45.0 Å². The van der Waals surface area contributed by atoms with E-state index in [4.69, 9.17) is 0 Å². The lowest BCUT2D eigenvalue weighted by Gasteiger charge is -2.18. The number of carbonyl (C=O) groups is 2. The average Bonchev–Trinajstić information content (AvgIpc) is 2.53. The fraction of sp³-hybridized carbons (Fsp3) is 0.238. The molecule has 0 atom stereocenters. The molecule has 0 aliphatic heterocycles. The van der Waals surface area contributed by atoms with Gasteiger partial charge < -0.3 is 5.32 Å². The van der Waals surface area contributed by atoms with Crippen LogP contribution in [-0.4, -0.2) is 11.7 Å². The molecule has 0 spiro atoms. The maximum atomic E-state index is 12.0. The van der Waals surface area contributed by atoms with E-state index in [9.17, 15) is 9.59 Å². The molecule has 2 rings (SSSR count). The van der Waals surface area contributed by atoms with Crippen molar-refractivity contribution in [2.75, 3.05) is 5.32 Å². The Bertz CT molecular complexity index is 748. The number of hydrogen-bond acceptors (Lipinski definition) is 2. The molecule has 24 heavy (non-hydrogen) atoms. The summed E-state index contributed by atoms with van der Waals surface area (Å²) in [5.41, 5.74) is 3.64. The van der Waals surface area contributed by atoms with E-state index in [1.165, 1.54) is 18.6 Å². The van der Waals surface area contributed by atoms with Gasteiger partial charge in [0.05, 0.1) is 0 Å². The van der Waals surface area contributed by atoms with Crippen LogP contribution in [0, 0.1) is 0 Å². The van der Waals surface area contributed by atoms with E-state index in [1.54, 1.807) is 30.3 Å². The molecule has 0 saturated carbocycles. The summed E-state index contributed by atoms with van der Waals surface area (Å²) in [5.74, 6) is -0.197. The second-order valence-corrected chi connectivity index (χ2v) is 6.83. The van der Waals surface area contributed by atoms with Crippen molar-refractivity contribution in [2.45, 2.75) is 33.1 Å². The van der Waals surface area contributed by atoms with E-state index in [1.807, 2.05) is 12.1 Å². The monoisotopic (exact) mass is 321 g/mol. The van der Waals surface area contributed by atoms with Gasteiger partial charge in [-0.3, -0.25) is 9.59 Å².